The monoisotopic (exact) mass is 151 g/mol. The molecule has 0 aliphatic heterocycles. The average Bonchev–Trinajstić information content (AvgIpc) is 1.85. The van der Waals surface area contributed by atoms with Crippen LogP contribution in [-0.2, 0) is 4.79 Å². The van der Waals surface area contributed by atoms with Gasteiger partial charge in [0.25, 0.3) is 0 Å². The van der Waals surface area contributed by atoms with Crippen LogP contribution in [0.4, 0.5) is 5.95 Å². The van der Waals surface area contributed by atoms with Gasteiger partial charge in [-0.2, -0.15) is 0 Å². The van der Waals surface area contributed by atoms with E-state index in [1.807, 2.05) is 19.9 Å². The molecule has 1 N–H and O–H groups in total. The molecule has 1 aromatic rings. The van der Waals surface area contributed by atoms with Gasteiger partial charge in [0.15, 0.2) is 0 Å². The predicted molar refractivity (Wildman–Crippen MR) is 41.2 cm³/mol. The van der Waals surface area contributed by atoms with Crippen molar-refractivity contribution < 1.29 is 4.79 Å². The largest absolute Gasteiger partial charge is 0.297 e. The number of carbonyl (C=O) groups is 1. The third kappa shape index (κ3) is 2.00. The number of amides is 1. The summed E-state index contributed by atoms with van der Waals surface area (Å²) in [6.45, 7) is 3.70. The zero-order chi connectivity index (χ0) is 8.27. The standard InChI is InChI=1S/C7H9N3O/c1-5-3-6(2)10-7(9-5)8-4-11/h3-4H,1-2H3,(H,8,9,10,11). The van der Waals surface area contributed by atoms with Gasteiger partial charge in [0.05, 0.1) is 0 Å². The molecule has 1 heterocycles. The van der Waals surface area contributed by atoms with Crippen LogP contribution in [0.5, 0.6) is 0 Å². The second-order valence-corrected chi connectivity index (χ2v) is 2.24. The predicted octanol–water partition coefficient (Wildman–Crippen LogP) is 0.662. The van der Waals surface area contributed by atoms with Crippen molar-refractivity contribution in [2.24, 2.45) is 0 Å². The van der Waals surface area contributed by atoms with Crippen LogP contribution < -0.4 is 5.32 Å². The lowest BCUT2D eigenvalue weighted by molar-refractivity contribution is -0.105. The number of aromatic nitrogens is 2. The van der Waals surface area contributed by atoms with Crippen LogP contribution in [0, 0.1) is 13.8 Å². The molecule has 0 atom stereocenters. The van der Waals surface area contributed by atoms with Gasteiger partial charge in [0.2, 0.25) is 12.4 Å². The Bertz CT molecular complexity index is 252. The number of nitrogens with one attached hydrogen (secondary N) is 1. The molecule has 0 saturated heterocycles. The highest BCUT2D eigenvalue weighted by Crippen LogP contribution is 2.01. The minimum absolute atomic E-state index is 0.359. The third-order valence-electron chi connectivity index (χ3n) is 1.17. The van der Waals surface area contributed by atoms with Crippen LogP contribution in [-0.4, -0.2) is 16.4 Å². The highest BCUT2D eigenvalue weighted by atomic mass is 16.1. The van der Waals surface area contributed by atoms with Crippen LogP contribution in [0.1, 0.15) is 11.4 Å². The molecule has 1 rings (SSSR count). The first kappa shape index (κ1) is 7.65. The Hall–Kier alpha value is -1.45. The van der Waals surface area contributed by atoms with Crippen LogP contribution in [0.2, 0.25) is 0 Å². The number of carbonyl (C=O) groups excluding carboxylic acids is 1. The quantitative estimate of drug-likeness (QED) is 0.632. The van der Waals surface area contributed by atoms with Crippen molar-refractivity contribution in [3.63, 3.8) is 0 Å². The average molecular weight is 151 g/mol. The Balaban J connectivity index is 2.98. The second-order valence-electron chi connectivity index (χ2n) is 2.24. The van der Waals surface area contributed by atoms with Crippen LogP contribution in [0.25, 0.3) is 0 Å². The first-order valence-corrected chi connectivity index (χ1v) is 3.25. The Labute approximate surface area is 64.7 Å². The van der Waals surface area contributed by atoms with Crippen molar-refractivity contribution in [1.82, 2.24) is 9.97 Å². The minimum atomic E-state index is 0.359. The van der Waals surface area contributed by atoms with Crippen molar-refractivity contribution in [1.29, 1.82) is 0 Å². The van der Waals surface area contributed by atoms with E-state index in [0.717, 1.165) is 11.4 Å². The fourth-order valence-electron chi connectivity index (χ4n) is 0.843. The summed E-state index contributed by atoms with van der Waals surface area (Å²) in [5, 5.41) is 2.39. The van der Waals surface area contributed by atoms with E-state index in [1.165, 1.54) is 0 Å². The molecular weight excluding hydrogens is 142 g/mol. The number of hydrogen-bond acceptors (Lipinski definition) is 3. The number of aryl methyl sites for hydroxylation is 2. The summed E-state index contributed by atoms with van der Waals surface area (Å²) < 4.78 is 0. The van der Waals surface area contributed by atoms with Gasteiger partial charge in [-0.05, 0) is 19.9 Å². The maximum atomic E-state index is 10.0. The number of anilines is 1. The highest BCUT2D eigenvalue weighted by molar-refractivity contribution is 5.66. The molecule has 1 amide bonds. The molecule has 0 aliphatic rings. The summed E-state index contributed by atoms with van der Waals surface area (Å²) in [4.78, 5) is 17.9. The normalized spacial score (nSPS) is 9.27. The summed E-state index contributed by atoms with van der Waals surface area (Å²) in [7, 11) is 0. The Morgan fingerprint density at radius 2 is 1.91 bits per heavy atom. The number of rotatable bonds is 2. The Morgan fingerprint density at radius 3 is 2.36 bits per heavy atom. The van der Waals surface area contributed by atoms with E-state index in [9.17, 15) is 4.79 Å². The SMILES string of the molecule is Cc1cc(C)nc(NC=O)n1. The maximum Gasteiger partial charge on any atom is 0.229 e. The van der Waals surface area contributed by atoms with Crippen LogP contribution >= 0.6 is 0 Å². The van der Waals surface area contributed by atoms with E-state index in [0.29, 0.717) is 12.4 Å². The van der Waals surface area contributed by atoms with E-state index in [1.54, 1.807) is 0 Å². The van der Waals surface area contributed by atoms with Gasteiger partial charge in [-0.15, -0.1) is 0 Å². The molecule has 58 valence electrons. The topological polar surface area (TPSA) is 54.9 Å². The summed E-state index contributed by atoms with van der Waals surface area (Å²) in [6, 6.07) is 1.84. The summed E-state index contributed by atoms with van der Waals surface area (Å²) in [5.41, 5.74) is 1.70. The number of hydrogen-bond donors (Lipinski definition) is 1. The zero-order valence-electron chi connectivity index (χ0n) is 6.46. The van der Waals surface area contributed by atoms with Crippen molar-refractivity contribution in [2.45, 2.75) is 13.8 Å². The molecule has 0 fully saturated rings. The molecule has 0 radical (unpaired) electrons. The molecule has 0 aromatic carbocycles. The first-order chi connectivity index (χ1) is 5.22. The van der Waals surface area contributed by atoms with Crippen molar-refractivity contribution in [3.05, 3.63) is 17.5 Å². The van der Waals surface area contributed by atoms with E-state index < -0.39 is 0 Å². The molecule has 0 saturated carbocycles. The first-order valence-electron chi connectivity index (χ1n) is 3.25. The molecule has 0 unspecified atom stereocenters. The lowest BCUT2D eigenvalue weighted by Crippen LogP contribution is -2.01. The minimum Gasteiger partial charge on any atom is -0.297 e. The third-order valence-corrected chi connectivity index (χ3v) is 1.17. The van der Waals surface area contributed by atoms with E-state index in [-0.39, 0.29) is 0 Å². The van der Waals surface area contributed by atoms with Gasteiger partial charge < -0.3 is 0 Å². The van der Waals surface area contributed by atoms with Gasteiger partial charge >= 0.3 is 0 Å². The summed E-state index contributed by atoms with van der Waals surface area (Å²) in [6.07, 6.45) is 0.564. The molecule has 4 heteroatoms. The molecular formula is C7H9N3O. The van der Waals surface area contributed by atoms with Gasteiger partial charge in [-0.25, -0.2) is 9.97 Å². The Morgan fingerprint density at radius 1 is 1.36 bits per heavy atom. The van der Waals surface area contributed by atoms with Gasteiger partial charge in [-0.3, -0.25) is 10.1 Å². The van der Waals surface area contributed by atoms with Crippen LogP contribution in [0.3, 0.4) is 0 Å². The Kier molecular flexibility index (Phi) is 2.15. The number of nitrogens with zero attached hydrogens (tertiary/aromatic N) is 2. The molecule has 0 aliphatic carbocycles. The fraction of sp³-hybridized carbons (Fsp3) is 0.286. The van der Waals surface area contributed by atoms with Crippen molar-refractivity contribution in [3.8, 4) is 0 Å². The zero-order valence-corrected chi connectivity index (χ0v) is 6.46. The lowest BCUT2D eigenvalue weighted by atomic mass is 10.4. The van der Waals surface area contributed by atoms with E-state index in [4.69, 9.17) is 0 Å². The highest BCUT2D eigenvalue weighted by Gasteiger charge is 1.95. The molecule has 4 nitrogen and oxygen atoms in total. The van der Waals surface area contributed by atoms with Gasteiger partial charge in [0, 0.05) is 11.4 Å². The second kappa shape index (κ2) is 3.09. The lowest BCUT2D eigenvalue weighted by Gasteiger charge is -1.99. The smallest absolute Gasteiger partial charge is 0.229 e. The molecule has 1 aromatic heterocycles. The summed E-state index contributed by atoms with van der Waals surface area (Å²) in [5.74, 6) is 0.359. The van der Waals surface area contributed by atoms with Gasteiger partial charge in [0.1, 0.15) is 0 Å². The van der Waals surface area contributed by atoms with Crippen molar-refractivity contribution in [2.75, 3.05) is 5.32 Å². The molecule has 11 heavy (non-hydrogen) atoms. The van der Waals surface area contributed by atoms with E-state index >= 15 is 0 Å². The molecule has 0 spiro atoms. The van der Waals surface area contributed by atoms with E-state index in [2.05, 4.69) is 15.3 Å². The molecule has 0 bridgehead atoms. The van der Waals surface area contributed by atoms with Gasteiger partial charge in [-0.1, -0.05) is 0 Å². The summed E-state index contributed by atoms with van der Waals surface area (Å²) >= 11 is 0. The maximum absolute atomic E-state index is 10.0. The fourth-order valence-corrected chi connectivity index (χ4v) is 0.843. The van der Waals surface area contributed by atoms with Crippen molar-refractivity contribution >= 4 is 12.4 Å². The van der Waals surface area contributed by atoms with Crippen LogP contribution in [0.15, 0.2) is 6.07 Å².